The van der Waals surface area contributed by atoms with Crippen LogP contribution >= 0.6 is 11.6 Å². The smallest absolute Gasteiger partial charge is 0.374 e. The SMILES string of the molecule is Cc1ccc2oc(C(=O)OCC(=O)NCc3ccc(Cl)cc3)cc(=O)c2c1. The van der Waals surface area contributed by atoms with Gasteiger partial charge in [-0.05, 0) is 36.8 Å². The van der Waals surface area contributed by atoms with Crippen molar-refractivity contribution in [1.82, 2.24) is 5.32 Å². The number of benzene rings is 2. The third-order valence-electron chi connectivity index (χ3n) is 3.82. The summed E-state index contributed by atoms with van der Waals surface area (Å²) in [5.41, 5.74) is 1.70. The minimum absolute atomic E-state index is 0.248. The summed E-state index contributed by atoms with van der Waals surface area (Å²) in [7, 11) is 0. The number of nitrogens with one attached hydrogen (secondary N) is 1. The van der Waals surface area contributed by atoms with Crippen LogP contribution in [0.15, 0.2) is 57.7 Å². The van der Waals surface area contributed by atoms with Crippen LogP contribution in [0.3, 0.4) is 0 Å². The highest BCUT2D eigenvalue weighted by molar-refractivity contribution is 6.30. The van der Waals surface area contributed by atoms with Crippen molar-refractivity contribution < 1.29 is 18.7 Å². The third kappa shape index (κ3) is 4.74. The summed E-state index contributed by atoms with van der Waals surface area (Å²) in [5.74, 6) is -1.60. The fraction of sp³-hybridized carbons (Fsp3) is 0.150. The second-order valence-corrected chi connectivity index (χ2v) is 6.39. The number of halogens is 1. The zero-order valence-electron chi connectivity index (χ0n) is 14.5. The molecule has 27 heavy (non-hydrogen) atoms. The molecule has 0 unspecified atom stereocenters. The molecule has 0 atom stereocenters. The van der Waals surface area contributed by atoms with E-state index in [-0.39, 0.29) is 23.3 Å². The first kappa shape index (κ1) is 18.7. The third-order valence-corrected chi connectivity index (χ3v) is 4.07. The van der Waals surface area contributed by atoms with E-state index >= 15 is 0 Å². The summed E-state index contributed by atoms with van der Waals surface area (Å²) in [6.45, 7) is 1.64. The summed E-state index contributed by atoms with van der Waals surface area (Å²) in [6, 6.07) is 13.1. The van der Waals surface area contributed by atoms with Crippen LogP contribution in [0.25, 0.3) is 11.0 Å². The van der Waals surface area contributed by atoms with Crippen molar-refractivity contribution in [2.75, 3.05) is 6.61 Å². The molecule has 7 heteroatoms. The number of aryl methyl sites for hydroxylation is 1. The van der Waals surface area contributed by atoms with Crippen LogP contribution in [0.1, 0.15) is 21.7 Å². The maximum atomic E-state index is 12.1. The van der Waals surface area contributed by atoms with E-state index < -0.39 is 18.5 Å². The van der Waals surface area contributed by atoms with Crippen LogP contribution in [0, 0.1) is 6.92 Å². The van der Waals surface area contributed by atoms with Gasteiger partial charge < -0.3 is 14.5 Å². The molecule has 138 valence electrons. The number of esters is 1. The van der Waals surface area contributed by atoms with Gasteiger partial charge in [-0.2, -0.15) is 0 Å². The van der Waals surface area contributed by atoms with Gasteiger partial charge in [0.05, 0.1) is 5.39 Å². The molecule has 1 heterocycles. The highest BCUT2D eigenvalue weighted by Crippen LogP contribution is 2.14. The molecule has 3 rings (SSSR count). The Morgan fingerprint density at radius 2 is 1.85 bits per heavy atom. The van der Waals surface area contributed by atoms with Gasteiger partial charge >= 0.3 is 5.97 Å². The zero-order valence-corrected chi connectivity index (χ0v) is 15.2. The van der Waals surface area contributed by atoms with Crippen molar-refractivity contribution in [2.24, 2.45) is 0 Å². The van der Waals surface area contributed by atoms with Crippen LogP contribution in [0.5, 0.6) is 0 Å². The van der Waals surface area contributed by atoms with Crippen molar-refractivity contribution in [2.45, 2.75) is 13.5 Å². The Morgan fingerprint density at radius 1 is 1.11 bits per heavy atom. The van der Waals surface area contributed by atoms with Gasteiger partial charge in [0.2, 0.25) is 5.76 Å². The van der Waals surface area contributed by atoms with Gasteiger partial charge in [0.1, 0.15) is 5.58 Å². The lowest BCUT2D eigenvalue weighted by Crippen LogP contribution is -2.28. The molecule has 0 radical (unpaired) electrons. The molecule has 3 aromatic rings. The molecule has 0 bridgehead atoms. The Kier molecular flexibility index (Phi) is 5.57. The van der Waals surface area contributed by atoms with Gasteiger partial charge in [-0.25, -0.2) is 4.79 Å². The van der Waals surface area contributed by atoms with Gasteiger partial charge in [0.15, 0.2) is 12.0 Å². The highest BCUT2D eigenvalue weighted by Gasteiger charge is 2.15. The number of hydrogen-bond acceptors (Lipinski definition) is 5. The summed E-state index contributed by atoms with van der Waals surface area (Å²) in [5, 5.41) is 3.61. The molecule has 0 spiro atoms. The quantitative estimate of drug-likeness (QED) is 0.681. The van der Waals surface area contributed by atoms with Crippen LogP contribution in [-0.4, -0.2) is 18.5 Å². The van der Waals surface area contributed by atoms with E-state index in [0.29, 0.717) is 10.4 Å². The average Bonchev–Trinajstić information content (AvgIpc) is 2.66. The van der Waals surface area contributed by atoms with Gasteiger partial charge in [-0.3, -0.25) is 9.59 Å². The fourth-order valence-electron chi connectivity index (χ4n) is 2.43. The number of hydrogen-bond donors (Lipinski definition) is 1. The molecule has 2 aromatic carbocycles. The summed E-state index contributed by atoms with van der Waals surface area (Å²) in [6.07, 6.45) is 0. The first-order chi connectivity index (χ1) is 12.9. The number of rotatable bonds is 5. The largest absolute Gasteiger partial charge is 0.450 e. The Morgan fingerprint density at radius 3 is 2.59 bits per heavy atom. The molecule has 1 aromatic heterocycles. The molecule has 0 aliphatic rings. The van der Waals surface area contributed by atoms with Crippen molar-refractivity contribution in [3.05, 3.63) is 80.7 Å². The van der Waals surface area contributed by atoms with Crippen LogP contribution < -0.4 is 10.7 Å². The Labute approximate surface area is 159 Å². The molecule has 1 amide bonds. The minimum atomic E-state index is -0.879. The van der Waals surface area contributed by atoms with E-state index in [9.17, 15) is 14.4 Å². The van der Waals surface area contributed by atoms with Gasteiger partial charge in [0.25, 0.3) is 5.91 Å². The van der Waals surface area contributed by atoms with E-state index in [0.717, 1.165) is 17.2 Å². The summed E-state index contributed by atoms with van der Waals surface area (Å²) >= 11 is 5.80. The molecular formula is C20H16ClNO5. The molecule has 0 aliphatic heterocycles. The second kappa shape index (κ2) is 8.05. The number of amides is 1. The van der Waals surface area contributed by atoms with E-state index in [1.807, 2.05) is 6.92 Å². The van der Waals surface area contributed by atoms with Crippen LogP contribution in [0.4, 0.5) is 0 Å². The number of carbonyl (C=O) groups excluding carboxylic acids is 2. The predicted molar refractivity (Wildman–Crippen MR) is 101 cm³/mol. The highest BCUT2D eigenvalue weighted by atomic mass is 35.5. The number of carbonyl (C=O) groups is 2. The maximum Gasteiger partial charge on any atom is 0.374 e. The lowest BCUT2D eigenvalue weighted by atomic mass is 10.1. The molecule has 0 saturated heterocycles. The van der Waals surface area contributed by atoms with Crippen LogP contribution in [-0.2, 0) is 16.1 Å². The fourth-order valence-corrected chi connectivity index (χ4v) is 2.55. The van der Waals surface area contributed by atoms with Gasteiger partial charge in [-0.15, -0.1) is 0 Å². The number of ether oxygens (including phenoxy) is 1. The monoisotopic (exact) mass is 385 g/mol. The molecular weight excluding hydrogens is 370 g/mol. The standard InChI is InChI=1S/C20H16ClNO5/c1-12-2-7-17-15(8-12)16(23)9-18(27-17)20(25)26-11-19(24)22-10-13-3-5-14(21)6-4-13/h2-9H,10-11H2,1H3,(H,22,24). The zero-order chi connectivity index (χ0) is 19.4. The van der Waals surface area contributed by atoms with Crippen LogP contribution in [0.2, 0.25) is 5.02 Å². The Bertz CT molecular complexity index is 1060. The van der Waals surface area contributed by atoms with Gasteiger partial charge in [-0.1, -0.05) is 35.4 Å². The van der Waals surface area contributed by atoms with Crippen molar-refractivity contribution in [3.63, 3.8) is 0 Å². The molecule has 0 aliphatic carbocycles. The molecule has 6 nitrogen and oxygen atoms in total. The first-order valence-electron chi connectivity index (χ1n) is 8.15. The predicted octanol–water partition coefficient (Wildman–Crippen LogP) is 3.23. The van der Waals surface area contributed by atoms with Crippen molar-refractivity contribution in [1.29, 1.82) is 0 Å². The minimum Gasteiger partial charge on any atom is -0.450 e. The Hall–Kier alpha value is -3.12. The second-order valence-electron chi connectivity index (χ2n) is 5.95. The molecule has 0 fully saturated rings. The maximum absolute atomic E-state index is 12.1. The summed E-state index contributed by atoms with van der Waals surface area (Å²) in [4.78, 5) is 36.0. The first-order valence-corrected chi connectivity index (χ1v) is 8.53. The van der Waals surface area contributed by atoms with E-state index in [1.54, 1.807) is 42.5 Å². The molecule has 0 saturated carbocycles. The lowest BCUT2D eigenvalue weighted by molar-refractivity contribution is -0.124. The average molecular weight is 386 g/mol. The van der Waals surface area contributed by atoms with E-state index in [1.165, 1.54) is 0 Å². The van der Waals surface area contributed by atoms with E-state index in [2.05, 4.69) is 5.32 Å². The topological polar surface area (TPSA) is 85.6 Å². The Balaban J connectivity index is 1.59. The normalized spacial score (nSPS) is 10.6. The van der Waals surface area contributed by atoms with E-state index in [4.69, 9.17) is 20.8 Å². The summed E-state index contributed by atoms with van der Waals surface area (Å²) < 4.78 is 10.3. The lowest BCUT2D eigenvalue weighted by Gasteiger charge is -2.07. The van der Waals surface area contributed by atoms with Gasteiger partial charge in [0, 0.05) is 17.6 Å². The van der Waals surface area contributed by atoms with Crippen molar-refractivity contribution in [3.8, 4) is 0 Å². The number of fused-ring (bicyclic) bond motifs is 1. The molecule has 1 N–H and O–H groups in total. The van der Waals surface area contributed by atoms with Crippen molar-refractivity contribution >= 4 is 34.4 Å².